The fourth-order valence-corrected chi connectivity index (χ4v) is 2.33. The van der Waals surface area contributed by atoms with Crippen molar-refractivity contribution in [3.05, 3.63) is 44.8 Å². The third kappa shape index (κ3) is 8.39. The Kier molecular flexibility index (Phi) is 10.9. The second kappa shape index (κ2) is 11.7. The van der Waals surface area contributed by atoms with Crippen LogP contribution in [0.15, 0.2) is 35.0 Å². The minimum atomic E-state index is -0.190. The second-order valence-corrected chi connectivity index (χ2v) is 5.18. The van der Waals surface area contributed by atoms with Gasteiger partial charge in [0.15, 0.2) is 0 Å². The highest BCUT2D eigenvalue weighted by Crippen LogP contribution is 2.15. The van der Waals surface area contributed by atoms with E-state index >= 15 is 0 Å². The molecule has 0 amide bonds. The van der Waals surface area contributed by atoms with Crippen LogP contribution < -0.4 is 11.5 Å². The fraction of sp³-hybridized carbons (Fsp3) is 0.250. The fourth-order valence-electron chi connectivity index (χ4n) is 1.02. The molecule has 19 heavy (non-hydrogen) atoms. The van der Waals surface area contributed by atoms with E-state index in [1.54, 1.807) is 22.7 Å². The Morgan fingerprint density at radius 1 is 1.21 bits per heavy atom. The molecule has 5 N–H and O–H groups in total. The summed E-state index contributed by atoms with van der Waals surface area (Å²) in [6.45, 7) is 0.707. The largest absolute Gasteiger partial charge is 0.394 e. The average Bonchev–Trinajstić information content (AvgIpc) is 3.12. The van der Waals surface area contributed by atoms with E-state index in [0.717, 1.165) is 4.88 Å². The molecule has 5 nitrogen and oxygen atoms in total. The van der Waals surface area contributed by atoms with Gasteiger partial charge in [0, 0.05) is 16.3 Å². The zero-order valence-electron chi connectivity index (χ0n) is 10.2. The van der Waals surface area contributed by atoms with Crippen LogP contribution in [0.4, 0.5) is 0 Å². The molecule has 2 rings (SSSR count). The molecule has 0 saturated carbocycles. The molecule has 0 aromatic carbocycles. The predicted molar refractivity (Wildman–Crippen MR) is 75.6 cm³/mol. The number of nitrogens with two attached hydrogens (primary N) is 2. The molecule has 0 radical (unpaired) electrons. The van der Waals surface area contributed by atoms with E-state index in [2.05, 4.69) is 0 Å². The van der Waals surface area contributed by atoms with Crippen LogP contribution in [0.25, 0.3) is 0 Å². The Bertz CT molecular complexity index is 438. The quantitative estimate of drug-likeness (QED) is 0.793. The van der Waals surface area contributed by atoms with Gasteiger partial charge in [0.1, 0.15) is 0 Å². The first kappa shape index (κ1) is 17.7. The predicted octanol–water partition coefficient (Wildman–Crippen LogP) is 1.36. The Morgan fingerprint density at radius 3 is 2.11 bits per heavy atom. The monoisotopic (exact) mass is 300 g/mol. The van der Waals surface area contributed by atoms with Crippen LogP contribution in [-0.4, -0.2) is 17.9 Å². The number of hydrogen-bond acceptors (Lipinski definition) is 7. The smallest absolute Gasteiger partial charge is 0.373 e. The highest BCUT2D eigenvalue weighted by atomic mass is 32.1. The molecular formula is C12H16N2O3S2. The van der Waals surface area contributed by atoms with Crippen LogP contribution in [0, 0.1) is 0 Å². The maximum absolute atomic E-state index is 8.59. The van der Waals surface area contributed by atoms with Gasteiger partial charge >= 0.3 is 6.15 Å². The average molecular weight is 300 g/mol. The third-order valence-electron chi connectivity index (χ3n) is 1.89. The van der Waals surface area contributed by atoms with Crippen molar-refractivity contribution in [1.82, 2.24) is 0 Å². The first-order valence-corrected chi connectivity index (χ1v) is 7.07. The molecule has 0 saturated heterocycles. The molecule has 1 atom stereocenters. The zero-order chi connectivity index (χ0) is 14.5. The van der Waals surface area contributed by atoms with Gasteiger partial charge in [0.05, 0.1) is 12.6 Å². The highest BCUT2D eigenvalue weighted by molar-refractivity contribution is 7.10. The molecular weight excluding hydrogens is 284 g/mol. The number of rotatable bonds is 3. The lowest BCUT2D eigenvalue weighted by Crippen LogP contribution is -2.12. The molecule has 0 spiro atoms. The summed E-state index contributed by atoms with van der Waals surface area (Å²) in [5.41, 5.74) is 10.8. The summed E-state index contributed by atoms with van der Waals surface area (Å²) >= 11 is 3.27. The van der Waals surface area contributed by atoms with Crippen LogP contribution in [-0.2, 0) is 16.1 Å². The van der Waals surface area contributed by atoms with Crippen molar-refractivity contribution < 1.29 is 14.7 Å². The van der Waals surface area contributed by atoms with Crippen molar-refractivity contribution in [1.29, 1.82) is 0 Å². The van der Waals surface area contributed by atoms with E-state index in [9.17, 15) is 0 Å². The molecule has 104 valence electrons. The van der Waals surface area contributed by atoms with Crippen LogP contribution in [0.1, 0.15) is 15.8 Å². The van der Waals surface area contributed by atoms with Crippen LogP contribution in [0.2, 0.25) is 0 Å². The van der Waals surface area contributed by atoms with Gasteiger partial charge in [-0.1, -0.05) is 12.1 Å². The lowest BCUT2D eigenvalue weighted by Gasteiger charge is -2.01. The van der Waals surface area contributed by atoms with Crippen LogP contribution in [0.5, 0.6) is 0 Å². The van der Waals surface area contributed by atoms with E-state index < -0.39 is 0 Å². The van der Waals surface area contributed by atoms with Crippen molar-refractivity contribution >= 4 is 28.8 Å². The number of aliphatic hydroxyl groups is 1. The maximum atomic E-state index is 8.59. The summed E-state index contributed by atoms with van der Waals surface area (Å²) in [5, 5.41) is 12.6. The van der Waals surface area contributed by atoms with E-state index in [1.165, 1.54) is 4.88 Å². The number of carbonyl (C=O) groups excluding carboxylic acids is 2. The second-order valence-electron chi connectivity index (χ2n) is 3.17. The van der Waals surface area contributed by atoms with Crippen LogP contribution in [0.3, 0.4) is 0 Å². The lowest BCUT2D eigenvalue weighted by atomic mass is 10.3. The summed E-state index contributed by atoms with van der Waals surface area (Å²) in [7, 11) is 0. The van der Waals surface area contributed by atoms with Crippen LogP contribution >= 0.6 is 22.7 Å². The van der Waals surface area contributed by atoms with E-state index in [1.807, 2.05) is 35.0 Å². The van der Waals surface area contributed by atoms with Gasteiger partial charge in [-0.2, -0.15) is 9.59 Å². The maximum Gasteiger partial charge on any atom is 0.373 e. The van der Waals surface area contributed by atoms with Gasteiger partial charge in [-0.25, -0.2) is 0 Å². The number of aliphatic hydroxyl groups excluding tert-OH is 1. The van der Waals surface area contributed by atoms with Crippen molar-refractivity contribution in [2.24, 2.45) is 11.5 Å². The molecule has 1 unspecified atom stereocenters. The normalized spacial score (nSPS) is 10.3. The SMILES string of the molecule is NC(CO)c1cccs1.NCc1cccs1.O=C=O. The molecule has 0 aliphatic heterocycles. The van der Waals surface area contributed by atoms with Crippen molar-refractivity contribution in [2.45, 2.75) is 12.6 Å². The first-order chi connectivity index (χ1) is 9.19. The van der Waals surface area contributed by atoms with E-state index in [0.29, 0.717) is 6.54 Å². The van der Waals surface area contributed by atoms with Gasteiger partial charge in [-0.05, 0) is 22.9 Å². The van der Waals surface area contributed by atoms with E-state index in [-0.39, 0.29) is 18.8 Å². The molecule has 0 aliphatic rings. The topological polar surface area (TPSA) is 106 Å². The molecule has 0 bridgehead atoms. The molecule has 2 heterocycles. The Balaban J connectivity index is 0.000000289. The van der Waals surface area contributed by atoms with Gasteiger partial charge < -0.3 is 16.6 Å². The summed E-state index contributed by atoms with van der Waals surface area (Å²) in [4.78, 5) is 18.5. The van der Waals surface area contributed by atoms with Gasteiger partial charge in [-0.15, -0.1) is 22.7 Å². The van der Waals surface area contributed by atoms with Crippen molar-refractivity contribution in [3.8, 4) is 0 Å². The highest BCUT2D eigenvalue weighted by Gasteiger charge is 2.02. The van der Waals surface area contributed by atoms with Gasteiger partial charge in [-0.3, -0.25) is 0 Å². The number of thiophene rings is 2. The van der Waals surface area contributed by atoms with Gasteiger partial charge in [0.2, 0.25) is 0 Å². The third-order valence-corrected chi connectivity index (χ3v) is 3.79. The summed E-state index contributed by atoms with van der Waals surface area (Å²) in [6, 6.07) is 7.70. The summed E-state index contributed by atoms with van der Waals surface area (Å²) in [5.74, 6) is 0. The number of hydrogen-bond donors (Lipinski definition) is 3. The summed E-state index contributed by atoms with van der Waals surface area (Å²) in [6.07, 6.45) is 0.250. The molecule has 2 aromatic rings. The molecule has 0 fully saturated rings. The Labute approximate surface area is 119 Å². The van der Waals surface area contributed by atoms with E-state index in [4.69, 9.17) is 26.2 Å². The molecule has 0 aliphatic carbocycles. The van der Waals surface area contributed by atoms with Gasteiger partial charge in [0.25, 0.3) is 0 Å². The minimum Gasteiger partial charge on any atom is -0.394 e. The zero-order valence-corrected chi connectivity index (χ0v) is 11.8. The summed E-state index contributed by atoms with van der Waals surface area (Å²) < 4.78 is 0. The minimum absolute atomic E-state index is 0.0283. The van der Waals surface area contributed by atoms with Crippen molar-refractivity contribution in [3.63, 3.8) is 0 Å². The standard InChI is InChI=1S/C6H9NOS.C5H7NS.CO2/c7-5(4-8)6-2-1-3-9-6;6-4-5-2-1-3-7-5;2-1-3/h1-3,5,8H,4,7H2;1-3H,4,6H2;. The molecule has 2 aromatic heterocycles. The Morgan fingerprint density at radius 2 is 1.79 bits per heavy atom. The Hall–Kier alpha value is -1.34. The first-order valence-electron chi connectivity index (χ1n) is 5.31. The molecule has 7 heteroatoms. The van der Waals surface area contributed by atoms with Crippen molar-refractivity contribution in [2.75, 3.05) is 6.61 Å². The lowest BCUT2D eigenvalue weighted by molar-refractivity contribution is -0.191.